The highest BCUT2D eigenvalue weighted by molar-refractivity contribution is 5.49. The zero-order valence-corrected chi connectivity index (χ0v) is 9.06. The van der Waals surface area contributed by atoms with Gasteiger partial charge in [0.15, 0.2) is 5.88 Å². The SMILES string of the molecule is Oc1cccc2cnc(C3CCCNC3)n12. The lowest BCUT2D eigenvalue weighted by Gasteiger charge is -2.21. The molecule has 4 nitrogen and oxygen atoms in total. The maximum atomic E-state index is 9.87. The van der Waals surface area contributed by atoms with Crippen LogP contribution in [0, 0.1) is 0 Å². The van der Waals surface area contributed by atoms with Crippen molar-refractivity contribution in [3.63, 3.8) is 0 Å². The van der Waals surface area contributed by atoms with Gasteiger partial charge in [0.2, 0.25) is 0 Å². The molecule has 1 aliphatic rings. The summed E-state index contributed by atoms with van der Waals surface area (Å²) in [5.74, 6) is 1.65. The van der Waals surface area contributed by atoms with Crippen LogP contribution in [0.25, 0.3) is 5.52 Å². The number of pyridine rings is 1. The highest BCUT2D eigenvalue weighted by Crippen LogP contribution is 2.26. The fourth-order valence-electron chi connectivity index (χ4n) is 2.41. The van der Waals surface area contributed by atoms with Crippen molar-refractivity contribution in [2.24, 2.45) is 0 Å². The van der Waals surface area contributed by atoms with Crippen molar-refractivity contribution in [3.05, 3.63) is 30.2 Å². The van der Waals surface area contributed by atoms with Crippen molar-refractivity contribution < 1.29 is 5.11 Å². The summed E-state index contributed by atoms with van der Waals surface area (Å²) in [4.78, 5) is 4.44. The largest absolute Gasteiger partial charge is 0.494 e. The zero-order chi connectivity index (χ0) is 11.0. The number of rotatable bonds is 1. The average Bonchev–Trinajstić information content (AvgIpc) is 2.75. The first-order chi connectivity index (χ1) is 7.86. The Morgan fingerprint density at radius 2 is 2.38 bits per heavy atom. The van der Waals surface area contributed by atoms with E-state index in [4.69, 9.17) is 0 Å². The Kier molecular flexibility index (Phi) is 2.29. The van der Waals surface area contributed by atoms with Gasteiger partial charge in [-0.25, -0.2) is 4.98 Å². The van der Waals surface area contributed by atoms with E-state index in [1.54, 1.807) is 6.07 Å². The first kappa shape index (κ1) is 9.66. The zero-order valence-electron chi connectivity index (χ0n) is 9.06. The fraction of sp³-hybridized carbons (Fsp3) is 0.417. The third kappa shape index (κ3) is 1.46. The Balaban J connectivity index is 2.09. The summed E-state index contributed by atoms with van der Waals surface area (Å²) >= 11 is 0. The van der Waals surface area contributed by atoms with Crippen LogP contribution in [0.15, 0.2) is 24.4 Å². The summed E-state index contributed by atoms with van der Waals surface area (Å²) < 4.78 is 1.84. The molecule has 84 valence electrons. The molecule has 3 heterocycles. The Morgan fingerprint density at radius 1 is 1.44 bits per heavy atom. The number of hydrogen-bond donors (Lipinski definition) is 2. The molecule has 2 aromatic heterocycles. The predicted octanol–water partition coefficient (Wildman–Crippen LogP) is 1.51. The van der Waals surface area contributed by atoms with Crippen LogP contribution in [-0.2, 0) is 0 Å². The number of hydrogen-bond acceptors (Lipinski definition) is 3. The van der Waals surface area contributed by atoms with E-state index in [1.165, 1.54) is 6.42 Å². The van der Waals surface area contributed by atoms with Gasteiger partial charge in [-0.3, -0.25) is 4.40 Å². The molecule has 2 aromatic rings. The number of nitrogens with one attached hydrogen (secondary N) is 1. The third-order valence-electron chi connectivity index (χ3n) is 3.22. The minimum atomic E-state index is 0.274. The summed E-state index contributed by atoms with van der Waals surface area (Å²) in [5.41, 5.74) is 0.959. The number of nitrogens with zero attached hydrogens (tertiary/aromatic N) is 2. The molecule has 0 aromatic carbocycles. The first-order valence-electron chi connectivity index (χ1n) is 5.72. The lowest BCUT2D eigenvalue weighted by molar-refractivity contribution is 0.418. The van der Waals surface area contributed by atoms with Gasteiger partial charge in [-0.2, -0.15) is 0 Å². The topological polar surface area (TPSA) is 49.6 Å². The number of aromatic hydroxyl groups is 1. The normalized spacial score (nSPS) is 21.4. The molecule has 1 aliphatic heterocycles. The lowest BCUT2D eigenvalue weighted by atomic mass is 9.99. The second kappa shape index (κ2) is 3.79. The van der Waals surface area contributed by atoms with E-state index in [2.05, 4.69) is 10.3 Å². The smallest absolute Gasteiger partial charge is 0.197 e. The van der Waals surface area contributed by atoms with Gasteiger partial charge in [0.05, 0.1) is 11.7 Å². The molecular weight excluding hydrogens is 202 g/mol. The first-order valence-corrected chi connectivity index (χ1v) is 5.72. The van der Waals surface area contributed by atoms with Crippen molar-refractivity contribution >= 4 is 5.52 Å². The molecule has 0 radical (unpaired) electrons. The molecule has 0 saturated carbocycles. The van der Waals surface area contributed by atoms with Gasteiger partial charge in [-0.1, -0.05) is 6.07 Å². The van der Waals surface area contributed by atoms with Gasteiger partial charge in [0, 0.05) is 12.5 Å². The Labute approximate surface area is 93.9 Å². The third-order valence-corrected chi connectivity index (χ3v) is 3.22. The monoisotopic (exact) mass is 217 g/mol. The highest BCUT2D eigenvalue weighted by atomic mass is 16.3. The van der Waals surface area contributed by atoms with Crippen molar-refractivity contribution in [2.45, 2.75) is 18.8 Å². The molecular formula is C12H15N3O. The Hall–Kier alpha value is -1.55. The van der Waals surface area contributed by atoms with E-state index in [9.17, 15) is 5.11 Å². The number of fused-ring (bicyclic) bond motifs is 1. The molecule has 3 rings (SSSR count). The van der Waals surface area contributed by atoms with Gasteiger partial charge >= 0.3 is 0 Å². The van der Waals surface area contributed by atoms with E-state index >= 15 is 0 Å². The van der Waals surface area contributed by atoms with Crippen LogP contribution < -0.4 is 5.32 Å². The van der Waals surface area contributed by atoms with Crippen molar-refractivity contribution in [2.75, 3.05) is 13.1 Å². The molecule has 16 heavy (non-hydrogen) atoms. The lowest BCUT2D eigenvalue weighted by Crippen LogP contribution is -2.29. The van der Waals surface area contributed by atoms with Crippen molar-refractivity contribution in [3.8, 4) is 5.88 Å². The number of aromatic nitrogens is 2. The van der Waals surface area contributed by atoms with Crippen LogP contribution >= 0.6 is 0 Å². The summed E-state index contributed by atoms with van der Waals surface area (Å²) in [6.07, 6.45) is 4.14. The minimum Gasteiger partial charge on any atom is -0.494 e. The molecule has 0 spiro atoms. The highest BCUT2D eigenvalue weighted by Gasteiger charge is 2.20. The summed E-state index contributed by atoms with van der Waals surface area (Å²) in [6, 6.07) is 5.51. The van der Waals surface area contributed by atoms with Crippen LogP contribution in [0.3, 0.4) is 0 Å². The van der Waals surface area contributed by atoms with Crippen molar-refractivity contribution in [1.82, 2.24) is 14.7 Å². The van der Waals surface area contributed by atoms with Gasteiger partial charge in [0.25, 0.3) is 0 Å². The van der Waals surface area contributed by atoms with E-state index in [0.29, 0.717) is 5.92 Å². The molecule has 0 amide bonds. The molecule has 1 saturated heterocycles. The molecule has 0 aliphatic carbocycles. The van der Waals surface area contributed by atoms with E-state index in [0.717, 1.165) is 30.9 Å². The predicted molar refractivity (Wildman–Crippen MR) is 61.7 cm³/mol. The van der Waals surface area contributed by atoms with Crippen LogP contribution in [-0.4, -0.2) is 27.6 Å². The Morgan fingerprint density at radius 3 is 3.19 bits per heavy atom. The quantitative estimate of drug-likeness (QED) is 0.761. The summed E-state index contributed by atoms with van der Waals surface area (Å²) in [7, 11) is 0. The standard InChI is InChI=1S/C12H15N3O/c16-11-5-1-4-10-8-14-12(15(10)11)9-3-2-6-13-7-9/h1,4-5,8-9,13,16H,2-3,6-7H2. The van der Waals surface area contributed by atoms with Gasteiger partial charge in [0.1, 0.15) is 5.82 Å². The van der Waals surface area contributed by atoms with Gasteiger partial charge in [-0.05, 0) is 31.5 Å². The van der Waals surface area contributed by atoms with Crippen LogP contribution in [0.2, 0.25) is 0 Å². The average molecular weight is 217 g/mol. The summed E-state index contributed by atoms with van der Waals surface area (Å²) in [6.45, 7) is 2.04. The van der Waals surface area contributed by atoms with Gasteiger partial charge < -0.3 is 10.4 Å². The fourth-order valence-corrected chi connectivity index (χ4v) is 2.41. The second-order valence-corrected chi connectivity index (χ2v) is 4.30. The molecule has 1 unspecified atom stereocenters. The van der Waals surface area contributed by atoms with E-state index < -0.39 is 0 Å². The minimum absolute atomic E-state index is 0.274. The molecule has 1 fully saturated rings. The number of piperidine rings is 1. The Bertz CT molecular complexity index is 500. The maximum absolute atomic E-state index is 9.87. The van der Waals surface area contributed by atoms with Crippen molar-refractivity contribution in [1.29, 1.82) is 0 Å². The molecule has 0 bridgehead atoms. The molecule has 4 heteroatoms. The second-order valence-electron chi connectivity index (χ2n) is 4.30. The number of imidazole rings is 1. The maximum Gasteiger partial charge on any atom is 0.197 e. The van der Waals surface area contributed by atoms with Crippen LogP contribution in [0.1, 0.15) is 24.6 Å². The molecule has 2 N–H and O–H groups in total. The van der Waals surface area contributed by atoms with E-state index in [-0.39, 0.29) is 5.88 Å². The molecule has 1 atom stereocenters. The van der Waals surface area contributed by atoms with E-state index in [1.807, 2.05) is 22.7 Å². The summed E-state index contributed by atoms with van der Waals surface area (Å²) in [5, 5.41) is 13.2. The van der Waals surface area contributed by atoms with Crippen LogP contribution in [0.5, 0.6) is 5.88 Å². The van der Waals surface area contributed by atoms with Crippen LogP contribution in [0.4, 0.5) is 0 Å². The van der Waals surface area contributed by atoms with Gasteiger partial charge in [-0.15, -0.1) is 0 Å².